The Morgan fingerprint density at radius 3 is 1.92 bits per heavy atom. The van der Waals surface area contributed by atoms with Crippen LogP contribution < -0.4 is 4.90 Å². The Morgan fingerprint density at radius 1 is 0.960 bits per heavy atom. The molecule has 1 aliphatic rings. The van der Waals surface area contributed by atoms with Crippen molar-refractivity contribution < 1.29 is 9.59 Å². The molecule has 0 saturated carbocycles. The zero-order valence-corrected chi connectivity index (χ0v) is 16.2. The lowest BCUT2D eigenvalue weighted by molar-refractivity contribution is -0.139. The molecular weight excluding hydrogens is 314 g/mol. The van der Waals surface area contributed by atoms with Crippen LogP contribution in [0.3, 0.4) is 0 Å². The van der Waals surface area contributed by atoms with Gasteiger partial charge in [-0.2, -0.15) is 0 Å². The fourth-order valence-corrected chi connectivity index (χ4v) is 3.15. The Labute approximate surface area is 151 Å². The van der Waals surface area contributed by atoms with Gasteiger partial charge in [0.05, 0.1) is 0 Å². The molecule has 0 aliphatic carbocycles. The minimum atomic E-state index is -0.325. The van der Waals surface area contributed by atoms with E-state index in [-0.39, 0.29) is 17.2 Å². The van der Waals surface area contributed by atoms with Crippen LogP contribution in [0.2, 0.25) is 0 Å². The van der Waals surface area contributed by atoms with Crippen LogP contribution in [0.4, 0.5) is 5.69 Å². The van der Waals surface area contributed by atoms with Gasteiger partial charge in [-0.3, -0.25) is 9.59 Å². The number of carbonyl (C=O) groups is 2. The van der Waals surface area contributed by atoms with Gasteiger partial charge in [0.25, 0.3) is 5.91 Å². The van der Waals surface area contributed by atoms with E-state index in [1.54, 1.807) is 0 Å². The van der Waals surface area contributed by atoms with E-state index in [1.165, 1.54) is 0 Å². The second kappa shape index (κ2) is 7.89. The number of benzene rings is 1. The first kappa shape index (κ1) is 19.3. The highest BCUT2D eigenvalue weighted by atomic mass is 16.2. The fraction of sp³-hybridized carbons (Fsp3) is 0.600. The van der Waals surface area contributed by atoms with Gasteiger partial charge in [0.1, 0.15) is 0 Å². The first-order chi connectivity index (χ1) is 11.8. The van der Waals surface area contributed by atoms with Crippen molar-refractivity contribution in [3.63, 3.8) is 0 Å². The molecule has 1 aliphatic heterocycles. The van der Waals surface area contributed by atoms with Crippen molar-refractivity contribution in [3.8, 4) is 0 Å². The Morgan fingerprint density at radius 2 is 1.48 bits per heavy atom. The van der Waals surface area contributed by atoms with Crippen LogP contribution in [0.5, 0.6) is 0 Å². The van der Waals surface area contributed by atoms with Gasteiger partial charge in [-0.25, -0.2) is 0 Å². The van der Waals surface area contributed by atoms with Crippen LogP contribution in [0.1, 0.15) is 45.0 Å². The fourth-order valence-electron chi connectivity index (χ4n) is 3.15. The molecule has 0 unspecified atom stereocenters. The summed E-state index contributed by atoms with van der Waals surface area (Å²) in [5.74, 6) is 0.296. The van der Waals surface area contributed by atoms with Gasteiger partial charge in [0.15, 0.2) is 0 Å². The maximum absolute atomic E-state index is 12.4. The predicted octanol–water partition coefficient (Wildman–Crippen LogP) is 2.86. The second-order valence-corrected chi connectivity index (χ2v) is 7.55. The zero-order valence-electron chi connectivity index (χ0n) is 16.2. The third-order valence-corrected chi connectivity index (χ3v) is 4.74. The molecule has 25 heavy (non-hydrogen) atoms. The quantitative estimate of drug-likeness (QED) is 0.843. The molecule has 1 heterocycles. The largest absolute Gasteiger partial charge is 0.368 e. The van der Waals surface area contributed by atoms with Crippen LogP contribution in [0, 0.1) is 5.41 Å². The van der Waals surface area contributed by atoms with Crippen molar-refractivity contribution in [2.75, 3.05) is 44.2 Å². The van der Waals surface area contributed by atoms with Crippen molar-refractivity contribution in [2.24, 2.45) is 5.41 Å². The maximum Gasteiger partial charge on any atom is 0.253 e. The van der Waals surface area contributed by atoms with Gasteiger partial charge in [-0.05, 0) is 38.1 Å². The molecule has 1 aromatic rings. The van der Waals surface area contributed by atoms with E-state index in [2.05, 4.69) is 4.90 Å². The van der Waals surface area contributed by atoms with E-state index in [0.717, 1.165) is 50.5 Å². The zero-order chi connectivity index (χ0) is 18.6. The number of rotatable bonds is 4. The summed E-state index contributed by atoms with van der Waals surface area (Å²) < 4.78 is 0. The van der Waals surface area contributed by atoms with Crippen LogP contribution in [0.25, 0.3) is 0 Å². The minimum Gasteiger partial charge on any atom is -0.368 e. The second-order valence-electron chi connectivity index (χ2n) is 7.55. The summed E-state index contributed by atoms with van der Waals surface area (Å²) in [4.78, 5) is 30.8. The number of carbonyl (C=O) groups excluding carboxylic acids is 2. The highest BCUT2D eigenvalue weighted by molar-refractivity contribution is 5.94. The molecule has 0 atom stereocenters. The van der Waals surface area contributed by atoms with Crippen LogP contribution in [0.15, 0.2) is 24.3 Å². The van der Waals surface area contributed by atoms with E-state index >= 15 is 0 Å². The molecule has 2 amide bonds. The molecule has 0 spiro atoms. The molecule has 0 bridgehead atoms. The molecule has 2 rings (SSSR count). The smallest absolute Gasteiger partial charge is 0.253 e. The summed E-state index contributed by atoms with van der Waals surface area (Å²) in [6.45, 7) is 14.5. The average Bonchev–Trinajstić information content (AvgIpc) is 2.61. The van der Waals surface area contributed by atoms with Gasteiger partial charge >= 0.3 is 0 Å². The summed E-state index contributed by atoms with van der Waals surface area (Å²) in [7, 11) is 0. The first-order valence-electron chi connectivity index (χ1n) is 9.21. The van der Waals surface area contributed by atoms with Crippen molar-refractivity contribution in [3.05, 3.63) is 29.8 Å². The van der Waals surface area contributed by atoms with Gasteiger partial charge in [-0.15, -0.1) is 0 Å². The van der Waals surface area contributed by atoms with E-state index in [4.69, 9.17) is 0 Å². The van der Waals surface area contributed by atoms with Gasteiger partial charge < -0.3 is 14.7 Å². The SMILES string of the molecule is CCN(CC)C(=O)c1ccc(N2CCN(C(=O)C(C)(C)C)CC2)cc1. The number of nitrogens with zero attached hydrogens (tertiary/aromatic N) is 3. The Bertz CT molecular complexity index is 592. The van der Waals surface area contributed by atoms with E-state index < -0.39 is 0 Å². The van der Waals surface area contributed by atoms with Gasteiger partial charge in [0.2, 0.25) is 5.91 Å². The van der Waals surface area contributed by atoms with Crippen LogP contribution >= 0.6 is 0 Å². The maximum atomic E-state index is 12.4. The molecule has 0 N–H and O–H groups in total. The Balaban J connectivity index is 1.98. The molecular formula is C20H31N3O2. The summed E-state index contributed by atoms with van der Waals surface area (Å²) >= 11 is 0. The molecule has 0 aromatic heterocycles. The Hall–Kier alpha value is -2.04. The standard InChI is InChI=1S/C20H31N3O2/c1-6-21(7-2)18(24)16-8-10-17(11-9-16)22-12-14-23(15-13-22)19(25)20(3,4)5/h8-11H,6-7,12-15H2,1-5H3. The summed E-state index contributed by atoms with van der Waals surface area (Å²) in [5, 5.41) is 0. The van der Waals surface area contributed by atoms with E-state index in [9.17, 15) is 9.59 Å². The lowest BCUT2D eigenvalue weighted by atomic mass is 9.94. The molecule has 0 radical (unpaired) electrons. The minimum absolute atomic E-state index is 0.0807. The third kappa shape index (κ3) is 4.53. The lowest BCUT2D eigenvalue weighted by Crippen LogP contribution is -2.51. The Kier molecular flexibility index (Phi) is 6.09. The normalized spacial score (nSPS) is 15.2. The predicted molar refractivity (Wildman–Crippen MR) is 102 cm³/mol. The molecule has 1 fully saturated rings. The van der Waals surface area contributed by atoms with Crippen LogP contribution in [-0.2, 0) is 4.79 Å². The highest BCUT2D eigenvalue weighted by Crippen LogP contribution is 2.22. The number of hydrogen-bond acceptors (Lipinski definition) is 3. The van der Waals surface area contributed by atoms with E-state index in [0.29, 0.717) is 0 Å². The average molecular weight is 345 g/mol. The number of hydrogen-bond donors (Lipinski definition) is 0. The topological polar surface area (TPSA) is 43.9 Å². The molecule has 138 valence electrons. The molecule has 5 heteroatoms. The summed E-state index contributed by atoms with van der Waals surface area (Å²) in [6.07, 6.45) is 0. The van der Waals surface area contributed by atoms with Crippen molar-refractivity contribution in [1.29, 1.82) is 0 Å². The highest BCUT2D eigenvalue weighted by Gasteiger charge is 2.29. The molecule has 1 saturated heterocycles. The summed E-state index contributed by atoms with van der Waals surface area (Å²) in [5.41, 5.74) is 1.52. The van der Waals surface area contributed by atoms with E-state index in [1.807, 2.05) is 68.7 Å². The molecule has 1 aromatic carbocycles. The number of anilines is 1. The summed E-state index contributed by atoms with van der Waals surface area (Å²) in [6, 6.07) is 7.83. The van der Waals surface area contributed by atoms with Crippen molar-refractivity contribution in [2.45, 2.75) is 34.6 Å². The van der Waals surface area contributed by atoms with Crippen molar-refractivity contribution >= 4 is 17.5 Å². The lowest BCUT2D eigenvalue weighted by Gasteiger charge is -2.38. The monoisotopic (exact) mass is 345 g/mol. The van der Waals surface area contributed by atoms with Crippen LogP contribution in [-0.4, -0.2) is 60.9 Å². The van der Waals surface area contributed by atoms with Gasteiger partial charge in [-0.1, -0.05) is 20.8 Å². The third-order valence-electron chi connectivity index (χ3n) is 4.74. The number of piperazine rings is 1. The van der Waals surface area contributed by atoms with Gasteiger partial charge in [0, 0.05) is 55.9 Å². The first-order valence-corrected chi connectivity index (χ1v) is 9.21. The van der Waals surface area contributed by atoms with Crippen molar-refractivity contribution in [1.82, 2.24) is 9.80 Å². The molecule has 5 nitrogen and oxygen atoms in total. The number of amides is 2.